The van der Waals surface area contributed by atoms with Crippen LogP contribution in [0.3, 0.4) is 0 Å². The number of carboxylic acid groups (broad SMARTS) is 1. The standard InChI is InChI=1S/C14H17ClN2O3/c1-16-13(18)9-3-2-6-17(8-9)12-7-10(15)4-5-11(12)14(19)20/h4-5,7,9H,2-3,6,8H2,1H3,(H,16,18)(H,19,20). The van der Waals surface area contributed by atoms with Crippen LogP contribution in [0, 0.1) is 5.92 Å². The summed E-state index contributed by atoms with van der Waals surface area (Å²) in [6, 6.07) is 4.72. The van der Waals surface area contributed by atoms with Gasteiger partial charge in [-0.15, -0.1) is 0 Å². The minimum Gasteiger partial charge on any atom is -0.478 e. The van der Waals surface area contributed by atoms with Gasteiger partial charge in [0.15, 0.2) is 0 Å². The quantitative estimate of drug-likeness (QED) is 0.895. The summed E-state index contributed by atoms with van der Waals surface area (Å²) < 4.78 is 0. The van der Waals surface area contributed by atoms with E-state index in [9.17, 15) is 14.7 Å². The van der Waals surface area contributed by atoms with Gasteiger partial charge in [-0.3, -0.25) is 4.79 Å². The molecule has 1 aromatic carbocycles. The second-order valence-electron chi connectivity index (χ2n) is 4.87. The third-order valence-corrected chi connectivity index (χ3v) is 3.80. The number of carbonyl (C=O) groups is 2. The molecule has 1 unspecified atom stereocenters. The minimum absolute atomic E-state index is 0.00592. The van der Waals surface area contributed by atoms with Crippen molar-refractivity contribution in [3.63, 3.8) is 0 Å². The molecule has 0 radical (unpaired) electrons. The molecule has 0 bridgehead atoms. The summed E-state index contributed by atoms with van der Waals surface area (Å²) in [5.74, 6) is -1.11. The predicted molar refractivity (Wildman–Crippen MR) is 77.4 cm³/mol. The van der Waals surface area contributed by atoms with Gasteiger partial charge in [-0.25, -0.2) is 4.79 Å². The van der Waals surface area contributed by atoms with Crippen LogP contribution >= 0.6 is 11.6 Å². The molecule has 108 valence electrons. The molecule has 1 atom stereocenters. The van der Waals surface area contributed by atoms with E-state index in [1.165, 1.54) is 6.07 Å². The van der Waals surface area contributed by atoms with Crippen molar-refractivity contribution < 1.29 is 14.7 Å². The van der Waals surface area contributed by atoms with E-state index in [4.69, 9.17) is 11.6 Å². The Hall–Kier alpha value is -1.75. The zero-order valence-corrected chi connectivity index (χ0v) is 12.0. The first-order valence-electron chi connectivity index (χ1n) is 6.52. The number of aromatic carboxylic acids is 1. The first-order chi connectivity index (χ1) is 9.52. The Bertz CT molecular complexity index is 533. The fourth-order valence-electron chi connectivity index (χ4n) is 2.56. The van der Waals surface area contributed by atoms with E-state index in [0.29, 0.717) is 17.3 Å². The highest BCUT2D eigenvalue weighted by Gasteiger charge is 2.27. The molecule has 1 saturated heterocycles. The molecular formula is C14H17ClN2O3. The Kier molecular flexibility index (Phi) is 4.49. The van der Waals surface area contributed by atoms with Crippen LogP contribution in [0.4, 0.5) is 5.69 Å². The van der Waals surface area contributed by atoms with Crippen molar-refractivity contribution in [3.8, 4) is 0 Å². The van der Waals surface area contributed by atoms with Gasteiger partial charge in [-0.2, -0.15) is 0 Å². The van der Waals surface area contributed by atoms with Crippen molar-refractivity contribution in [2.24, 2.45) is 5.92 Å². The van der Waals surface area contributed by atoms with Crippen molar-refractivity contribution in [1.29, 1.82) is 0 Å². The molecule has 1 aromatic rings. The number of carbonyl (C=O) groups excluding carboxylic acids is 1. The number of nitrogens with zero attached hydrogens (tertiary/aromatic N) is 1. The number of benzene rings is 1. The molecule has 0 saturated carbocycles. The van der Waals surface area contributed by atoms with Crippen LogP contribution in [-0.2, 0) is 4.79 Å². The van der Waals surface area contributed by atoms with Gasteiger partial charge in [-0.1, -0.05) is 11.6 Å². The summed E-state index contributed by atoms with van der Waals surface area (Å²) in [5, 5.41) is 12.4. The monoisotopic (exact) mass is 296 g/mol. The van der Waals surface area contributed by atoms with Gasteiger partial charge in [0.2, 0.25) is 5.91 Å². The van der Waals surface area contributed by atoms with Gasteiger partial charge in [0, 0.05) is 25.2 Å². The second-order valence-corrected chi connectivity index (χ2v) is 5.30. The maximum Gasteiger partial charge on any atom is 0.337 e. The molecule has 2 N–H and O–H groups in total. The molecule has 1 heterocycles. The van der Waals surface area contributed by atoms with Crippen LogP contribution in [0.15, 0.2) is 18.2 Å². The highest BCUT2D eigenvalue weighted by Crippen LogP contribution is 2.29. The molecule has 2 rings (SSSR count). The number of amides is 1. The van der Waals surface area contributed by atoms with Crippen LogP contribution in [-0.4, -0.2) is 37.1 Å². The van der Waals surface area contributed by atoms with Gasteiger partial charge < -0.3 is 15.3 Å². The summed E-state index contributed by atoms with van der Waals surface area (Å²) >= 11 is 5.97. The smallest absolute Gasteiger partial charge is 0.337 e. The molecule has 0 aliphatic carbocycles. The van der Waals surface area contributed by atoms with Gasteiger partial charge in [-0.05, 0) is 31.0 Å². The Labute approximate surface area is 122 Å². The zero-order chi connectivity index (χ0) is 14.7. The Morgan fingerprint density at radius 1 is 1.45 bits per heavy atom. The second kappa shape index (κ2) is 6.13. The molecule has 5 nitrogen and oxygen atoms in total. The number of rotatable bonds is 3. The number of anilines is 1. The van der Waals surface area contributed by atoms with Gasteiger partial charge in [0.05, 0.1) is 17.2 Å². The lowest BCUT2D eigenvalue weighted by atomic mass is 9.96. The Balaban J connectivity index is 2.28. The van der Waals surface area contributed by atoms with Crippen LogP contribution < -0.4 is 10.2 Å². The maximum absolute atomic E-state index is 11.7. The average Bonchev–Trinajstić information content (AvgIpc) is 2.46. The average molecular weight is 297 g/mol. The first kappa shape index (κ1) is 14.7. The van der Waals surface area contributed by atoms with E-state index in [2.05, 4.69) is 5.32 Å². The van der Waals surface area contributed by atoms with Crippen molar-refractivity contribution >= 4 is 29.2 Å². The Morgan fingerprint density at radius 2 is 2.20 bits per heavy atom. The molecule has 1 aliphatic rings. The largest absolute Gasteiger partial charge is 0.478 e. The molecule has 1 fully saturated rings. The van der Waals surface area contributed by atoms with Crippen molar-refractivity contribution in [2.45, 2.75) is 12.8 Å². The molecule has 0 aromatic heterocycles. The summed E-state index contributed by atoms with van der Waals surface area (Å²) in [6.07, 6.45) is 1.67. The number of halogens is 1. The fourth-order valence-corrected chi connectivity index (χ4v) is 2.73. The summed E-state index contributed by atoms with van der Waals surface area (Å²) in [4.78, 5) is 25.0. The highest BCUT2D eigenvalue weighted by atomic mass is 35.5. The summed E-state index contributed by atoms with van der Waals surface area (Å²) in [5.41, 5.74) is 0.797. The van der Waals surface area contributed by atoms with E-state index in [1.807, 2.05) is 4.90 Å². The van der Waals surface area contributed by atoms with Gasteiger partial charge in [0.25, 0.3) is 0 Å². The lowest BCUT2D eigenvalue weighted by molar-refractivity contribution is -0.124. The van der Waals surface area contributed by atoms with Crippen molar-refractivity contribution in [3.05, 3.63) is 28.8 Å². The zero-order valence-electron chi connectivity index (χ0n) is 11.2. The lowest BCUT2D eigenvalue weighted by Gasteiger charge is -2.34. The number of hydrogen-bond acceptors (Lipinski definition) is 3. The lowest BCUT2D eigenvalue weighted by Crippen LogP contribution is -2.42. The van der Waals surface area contributed by atoms with Crippen molar-refractivity contribution in [2.75, 3.05) is 25.0 Å². The first-order valence-corrected chi connectivity index (χ1v) is 6.90. The molecule has 20 heavy (non-hydrogen) atoms. The Morgan fingerprint density at radius 3 is 2.85 bits per heavy atom. The van der Waals surface area contributed by atoms with Crippen LogP contribution in [0.25, 0.3) is 0 Å². The van der Waals surface area contributed by atoms with Gasteiger partial charge >= 0.3 is 5.97 Å². The van der Waals surface area contributed by atoms with Gasteiger partial charge in [0.1, 0.15) is 0 Å². The van der Waals surface area contributed by atoms with Crippen LogP contribution in [0.5, 0.6) is 0 Å². The van der Waals surface area contributed by atoms with E-state index >= 15 is 0 Å². The number of piperidine rings is 1. The van der Waals surface area contributed by atoms with Crippen molar-refractivity contribution in [1.82, 2.24) is 5.32 Å². The number of nitrogens with one attached hydrogen (secondary N) is 1. The highest BCUT2D eigenvalue weighted by molar-refractivity contribution is 6.31. The SMILES string of the molecule is CNC(=O)C1CCCN(c2cc(Cl)ccc2C(=O)O)C1. The number of hydrogen-bond donors (Lipinski definition) is 2. The summed E-state index contributed by atoms with van der Waals surface area (Å²) in [7, 11) is 1.61. The van der Waals surface area contributed by atoms with E-state index in [-0.39, 0.29) is 17.4 Å². The normalized spacial score (nSPS) is 18.7. The topological polar surface area (TPSA) is 69.6 Å². The summed E-state index contributed by atoms with van der Waals surface area (Å²) in [6.45, 7) is 1.24. The van der Waals surface area contributed by atoms with Crippen LogP contribution in [0.1, 0.15) is 23.2 Å². The number of carboxylic acids is 1. The maximum atomic E-state index is 11.7. The molecule has 1 amide bonds. The van der Waals surface area contributed by atoms with E-state index < -0.39 is 5.97 Å². The fraction of sp³-hybridized carbons (Fsp3) is 0.429. The minimum atomic E-state index is -0.987. The van der Waals surface area contributed by atoms with E-state index in [1.54, 1.807) is 19.2 Å². The molecule has 1 aliphatic heterocycles. The molecule has 0 spiro atoms. The van der Waals surface area contributed by atoms with E-state index in [0.717, 1.165) is 19.4 Å². The third-order valence-electron chi connectivity index (χ3n) is 3.57. The molecular weight excluding hydrogens is 280 g/mol. The predicted octanol–water partition coefficient (Wildman–Crippen LogP) is 2.00. The molecule has 6 heteroatoms. The third kappa shape index (κ3) is 3.04. The van der Waals surface area contributed by atoms with Crippen LogP contribution in [0.2, 0.25) is 5.02 Å².